The zero-order chi connectivity index (χ0) is 29.8. The summed E-state index contributed by atoms with van der Waals surface area (Å²) in [6.45, 7) is 14.4. The van der Waals surface area contributed by atoms with Gasteiger partial charge in [-0.25, -0.2) is 4.57 Å². The number of aryl methyl sites for hydroxylation is 2. The summed E-state index contributed by atoms with van der Waals surface area (Å²) >= 11 is 0. The van der Waals surface area contributed by atoms with Crippen LogP contribution in [0.15, 0.2) is 40.9 Å². The lowest BCUT2D eigenvalue weighted by Gasteiger charge is -2.43. The molecule has 2 heterocycles. The number of nitrogens with zero attached hydrogens (tertiary/aromatic N) is 1. The van der Waals surface area contributed by atoms with Crippen LogP contribution in [0.4, 0.5) is 0 Å². The first-order valence-corrected chi connectivity index (χ1v) is 12.7. The predicted molar refractivity (Wildman–Crippen MR) is 148 cm³/mol. The highest BCUT2D eigenvalue weighted by molar-refractivity contribution is 6.12. The fraction of sp³-hybridized carbons (Fsp3) is 0.485. The molecule has 0 saturated heterocycles. The van der Waals surface area contributed by atoms with E-state index in [-0.39, 0.29) is 22.0 Å². The van der Waals surface area contributed by atoms with Crippen LogP contribution >= 0.6 is 0 Å². The number of aromatic nitrogens is 1. The van der Waals surface area contributed by atoms with E-state index in [2.05, 4.69) is 40.7 Å². The summed E-state index contributed by atoms with van der Waals surface area (Å²) in [5.74, 6) is 0. The van der Waals surface area contributed by atoms with Gasteiger partial charge in [-0.3, -0.25) is 0 Å². The summed E-state index contributed by atoms with van der Waals surface area (Å²) in [6, 6.07) is 9.93. The van der Waals surface area contributed by atoms with Crippen molar-refractivity contribution in [3.63, 3.8) is 0 Å². The monoisotopic (exact) mass is 473 g/mol. The Morgan fingerprint density at radius 2 is 1.71 bits per heavy atom. The van der Waals surface area contributed by atoms with E-state index in [0.717, 1.165) is 51.6 Å². The average Bonchev–Trinajstić information content (AvgIpc) is 3.19. The van der Waals surface area contributed by atoms with Crippen LogP contribution < -0.4 is 4.57 Å². The summed E-state index contributed by atoms with van der Waals surface area (Å²) in [4.78, 5) is 0. The summed E-state index contributed by atoms with van der Waals surface area (Å²) in [7, 11) is 1.85. The molecule has 0 N–H and O–H groups in total. The quantitative estimate of drug-likeness (QED) is 0.266. The first kappa shape index (κ1) is 18.6. The van der Waals surface area contributed by atoms with Crippen molar-refractivity contribution in [2.45, 2.75) is 92.3 Å². The van der Waals surface area contributed by atoms with Gasteiger partial charge in [0.2, 0.25) is 5.69 Å². The Balaban J connectivity index is 2.01. The number of hydrogen-bond donors (Lipinski definition) is 0. The Morgan fingerprint density at radius 1 is 1.06 bits per heavy atom. The van der Waals surface area contributed by atoms with Crippen molar-refractivity contribution in [2.24, 2.45) is 12.5 Å². The third-order valence-corrected chi connectivity index (χ3v) is 7.84. The fourth-order valence-corrected chi connectivity index (χ4v) is 6.19. The Bertz CT molecular complexity index is 1660. The average molecular weight is 474 g/mol. The Labute approximate surface area is 218 Å². The second kappa shape index (κ2) is 7.69. The van der Waals surface area contributed by atoms with Gasteiger partial charge in [0, 0.05) is 29.3 Å². The van der Waals surface area contributed by atoms with E-state index in [1.54, 1.807) is 12.3 Å². The molecule has 0 spiro atoms. The van der Waals surface area contributed by atoms with Crippen molar-refractivity contribution in [1.82, 2.24) is 0 Å². The lowest BCUT2D eigenvalue weighted by atomic mass is 9.60. The molecule has 0 amide bonds. The largest absolute Gasteiger partial charge is 0.455 e. The highest BCUT2D eigenvalue weighted by atomic mass is 16.3. The summed E-state index contributed by atoms with van der Waals surface area (Å²) in [5.41, 5.74) is 6.30. The molecule has 0 fully saturated rings. The van der Waals surface area contributed by atoms with E-state index in [1.165, 1.54) is 11.1 Å². The molecular weight excluding hydrogens is 426 g/mol. The van der Waals surface area contributed by atoms with Crippen molar-refractivity contribution in [2.75, 3.05) is 0 Å². The van der Waals surface area contributed by atoms with Gasteiger partial charge < -0.3 is 4.42 Å². The van der Waals surface area contributed by atoms with Gasteiger partial charge in [0.15, 0.2) is 6.20 Å². The summed E-state index contributed by atoms with van der Waals surface area (Å²) < 4.78 is 51.6. The minimum atomic E-state index is -2.46. The molecule has 4 aromatic rings. The minimum absolute atomic E-state index is 0.0385. The maximum absolute atomic E-state index is 9.12. The van der Waals surface area contributed by atoms with Gasteiger partial charge in [0.25, 0.3) is 0 Å². The third-order valence-electron chi connectivity index (χ3n) is 7.84. The first-order chi connectivity index (χ1) is 18.2. The number of rotatable bonds is 2. The van der Waals surface area contributed by atoms with E-state index < -0.39 is 18.6 Å². The van der Waals surface area contributed by atoms with Crippen LogP contribution in [0.25, 0.3) is 33.2 Å². The molecule has 5 rings (SSSR count). The van der Waals surface area contributed by atoms with E-state index in [9.17, 15) is 0 Å². The lowest BCUT2D eigenvalue weighted by Crippen LogP contribution is -2.36. The smallest absolute Gasteiger partial charge is 0.216 e. The number of benzene rings is 2. The topological polar surface area (TPSA) is 17.0 Å². The van der Waals surface area contributed by atoms with Gasteiger partial charge in [-0.1, -0.05) is 66.7 Å². The number of pyridine rings is 1. The van der Waals surface area contributed by atoms with Crippen molar-refractivity contribution in [3.05, 3.63) is 64.3 Å². The van der Waals surface area contributed by atoms with Crippen molar-refractivity contribution in [3.8, 4) is 11.3 Å². The maximum atomic E-state index is 9.12. The van der Waals surface area contributed by atoms with Crippen molar-refractivity contribution in [1.29, 1.82) is 0 Å². The zero-order valence-electron chi connectivity index (χ0n) is 27.7. The van der Waals surface area contributed by atoms with Crippen LogP contribution in [0.3, 0.4) is 0 Å². The molecule has 0 unspecified atom stereocenters. The normalized spacial score (nSPS) is 20.1. The van der Waals surface area contributed by atoms with Gasteiger partial charge in [0.05, 0.1) is 5.56 Å². The van der Waals surface area contributed by atoms with Crippen LogP contribution in [0, 0.1) is 19.2 Å². The van der Waals surface area contributed by atoms with E-state index >= 15 is 0 Å². The molecule has 0 aliphatic heterocycles. The van der Waals surface area contributed by atoms with Crippen molar-refractivity contribution >= 4 is 21.9 Å². The molecule has 0 bridgehead atoms. The first-order valence-electron chi connectivity index (χ1n) is 15.2. The van der Waals surface area contributed by atoms with Crippen LogP contribution in [0.2, 0.25) is 0 Å². The van der Waals surface area contributed by atoms with Crippen molar-refractivity contribution < 1.29 is 15.8 Å². The highest BCUT2D eigenvalue weighted by Gasteiger charge is 2.42. The van der Waals surface area contributed by atoms with Crippen LogP contribution in [-0.4, -0.2) is 0 Å². The maximum Gasteiger partial charge on any atom is 0.216 e. The van der Waals surface area contributed by atoms with Gasteiger partial charge >= 0.3 is 0 Å². The van der Waals surface area contributed by atoms with E-state index in [1.807, 2.05) is 50.6 Å². The molecule has 2 aromatic carbocycles. The number of furan rings is 1. The highest BCUT2D eigenvalue weighted by Crippen LogP contribution is 2.54. The molecule has 2 heteroatoms. The standard InChI is InChI=1S/C33H42NO/c1-20-19-34(10)24(17-22(20)18-31(3,4)5)26-21(2)28-29(33(8,9)16-15-32(28,6)7)27-23-13-11-12-14-25(23)35-30(26)27/h11-14,17,19H,15-16,18H2,1-10H3/q+1/i1D3,18D2. The minimum Gasteiger partial charge on any atom is -0.455 e. The molecule has 0 saturated carbocycles. The second-order valence-electron chi connectivity index (χ2n) is 12.8. The summed E-state index contributed by atoms with van der Waals surface area (Å²) in [6.07, 6.45) is 1.83. The molecule has 0 atom stereocenters. The van der Waals surface area contributed by atoms with Crippen LogP contribution in [-0.2, 0) is 24.3 Å². The van der Waals surface area contributed by atoms with E-state index in [0.29, 0.717) is 0 Å². The van der Waals surface area contributed by atoms with Gasteiger partial charge in [0.1, 0.15) is 18.2 Å². The second-order valence-corrected chi connectivity index (χ2v) is 12.8. The number of fused-ring (bicyclic) bond motifs is 5. The third kappa shape index (κ3) is 3.81. The SMILES string of the molecule is [2H]C([2H])([2H])c1c[n+](C)c(-c2c(C)c3c(c4c2oc2ccccc24)C(C)(C)CCC3(C)C)cc1C([2H])([2H])C(C)(C)C. The molecule has 2 aromatic heterocycles. The van der Waals surface area contributed by atoms with E-state index in [4.69, 9.17) is 11.3 Å². The Hall–Kier alpha value is -2.61. The molecule has 2 nitrogen and oxygen atoms in total. The Morgan fingerprint density at radius 3 is 2.37 bits per heavy atom. The fourth-order valence-electron chi connectivity index (χ4n) is 6.19. The molecule has 1 aliphatic rings. The molecular formula is C33H42NO+. The summed E-state index contributed by atoms with van der Waals surface area (Å²) in [5, 5.41) is 2.19. The van der Waals surface area contributed by atoms with Crippen LogP contribution in [0.1, 0.15) is 96.0 Å². The van der Waals surface area contributed by atoms with Gasteiger partial charge in [-0.2, -0.15) is 0 Å². The molecule has 184 valence electrons. The Kier molecular flexibility index (Phi) is 4.09. The molecule has 35 heavy (non-hydrogen) atoms. The number of hydrogen-bond acceptors (Lipinski definition) is 1. The predicted octanol–water partition coefficient (Wildman–Crippen LogP) is 8.63. The lowest BCUT2D eigenvalue weighted by molar-refractivity contribution is -0.660. The van der Waals surface area contributed by atoms with Crippen LogP contribution in [0.5, 0.6) is 0 Å². The van der Waals surface area contributed by atoms with Gasteiger partial charge in [-0.05, 0) is 77.6 Å². The van der Waals surface area contributed by atoms with Gasteiger partial charge in [-0.15, -0.1) is 0 Å². The molecule has 0 radical (unpaired) electrons. The molecule has 1 aliphatic carbocycles. The zero-order valence-corrected chi connectivity index (χ0v) is 22.7. The number of para-hydroxylation sites is 1.